The smallest absolute Gasteiger partial charge is 0.0997 e. The van der Waals surface area contributed by atoms with Crippen LogP contribution in [-0.2, 0) is 0 Å². The maximum atomic E-state index is 9.59. The maximum absolute atomic E-state index is 9.59. The first-order valence-corrected chi connectivity index (χ1v) is 13.8. The van der Waals surface area contributed by atoms with Gasteiger partial charge in [0.2, 0.25) is 0 Å². The summed E-state index contributed by atoms with van der Waals surface area (Å²) in [7, 11) is 0. The van der Waals surface area contributed by atoms with E-state index in [1.165, 1.54) is 61.0 Å². The molecule has 0 N–H and O–H groups in total. The highest BCUT2D eigenvalue weighted by Crippen LogP contribution is 2.36. The van der Waals surface area contributed by atoms with E-state index >= 15 is 0 Å². The fourth-order valence-corrected chi connectivity index (χ4v) is 5.54. The lowest BCUT2D eigenvalue weighted by Gasteiger charge is -2.34. The summed E-state index contributed by atoms with van der Waals surface area (Å²) in [6.45, 7) is 4.22. The molecule has 4 heteroatoms. The zero-order valence-electron chi connectivity index (χ0n) is 21.9. The normalized spacial score (nSPS) is 16.1. The van der Waals surface area contributed by atoms with Crippen molar-refractivity contribution in [3.8, 4) is 12.1 Å². The van der Waals surface area contributed by atoms with Gasteiger partial charge in [-0.1, -0.05) is 60.7 Å². The lowest BCUT2D eigenvalue weighted by atomic mass is 9.98. The largest absolute Gasteiger partial charge is 0.371 e. The molecule has 190 valence electrons. The van der Waals surface area contributed by atoms with Gasteiger partial charge in [-0.25, -0.2) is 0 Å². The average Bonchev–Trinajstić information content (AvgIpc) is 3.00. The molecule has 2 saturated heterocycles. The van der Waals surface area contributed by atoms with Crippen molar-refractivity contribution in [1.82, 2.24) is 0 Å². The molecule has 0 aliphatic carbocycles. The van der Waals surface area contributed by atoms with Crippen LogP contribution >= 0.6 is 0 Å². The van der Waals surface area contributed by atoms with Crippen LogP contribution in [0.4, 0.5) is 11.4 Å². The highest BCUT2D eigenvalue weighted by molar-refractivity contribution is 5.87. The van der Waals surface area contributed by atoms with Crippen molar-refractivity contribution in [2.24, 2.45) is 0 Å². The Bertz CT molecular complexity index is 1300. The summed E-state index contributed by atoms with van der Waals surface area (Å²) in [5, 5.41) is 19.2. The van der Waals surface area contributed by atoms with Crippen LogP contribution in [0.15, 0.2) is 60.7 Å². The fraction of sp³-hybridized carbons (Fsp3) is 0.294. The quantitative estimate of drug-likeness (QED) is 0.326. The summed E-state index contributed by atoms with van der Waals surface area (Å²) in [6, 6.07) is 24.9. The SMILES string of the molecule is N#Cc1ccccc1/C=C/c1cc(N2CCCCC2)c(/C=C/c2ccccc2C#N)cc1N1CCCCC1. The molecular formula is C34H34N4. The average molecular weight is 499 g/mol. The molecule has 0 spiro atoms. The van der Waals surface area contributed by atoms with Crippen molar-refractivity contribution < 1.29 is 0 Å². The molecule has 0 amide bonds. The Hall–Kier alpha value is -4.28. The summed E-state index contributed by atoms with van der Waals surface area (Å²) < 4.78 is 0. The predicted octanol–water partition coefficient (Wildman–Crippen LogP) is 7.75. The first-order valence-electron chi connectivity index (χ1n) is 13.8. The van der Waals surface area contributed by atoms with Crippen LogP contribution in [-0.4, -0.2) is 26.2 Å². The minimum absolute atomic E-state index is 0.690. The van der Waals surface area contributed by atoms with E-state index in [9.17, 15) is 10.5 Å². The molecular weight excluding hydrogens is 464 g/mol. The third-order valence-corrected chi connectivity index (χ3v) is 7.62. The molecule has 0 aromatic heterocycles. The van der Waals surface area contributed by atoms with Gasteiger partial charge in [-0.2, -0.15) is 10.5 Å². The van der Waals surface area contributed by atoms with Crippen LogP contribution in [0.2, 0.25) is 0 Å². The maximum Gasteiger partial charge on any atom is 0.0997 e. The molecule has 4 nitrogen and oxygen atoms in total. The van der Waals surface area contributed by atoms with E-state index in [4.69, 9.17) is 0 Å². The number of piperidine rings is 2. The predicted molar refractivity (Wildman–Crippen MR) is 159 cm³/mol. The molecule has 5 rings (SSSR count). The summed E-state index contributed by atoms with van der Waals surface area (Å²) in [6.07, 6.45) is 15.9. The minimum atomic E-state index is 0.690. The topological polar surface area (TPSA) is 54.1 Å². The van der Waals surface area contributed by atoms with Crippen LogP contribution in [0.3, 0.4) is 0 Å². The van der Waals surface area contributed by atoms with Crippen LogP contribution in [0.5, 0.6) is 0 Å². The van der Waals surface area contributed by atoms with Gasteiger partial charge in [-0.3, -0.25) is 0 Å². The van der Waals surface area contributed by atoms with E-state index in [0.717, 1.165) is 37.3 Å². The van der Waals surface area contributed by atoms with Crippen LogP contribution in [0.25, 0.3) is 24.3 Å². The Morgan fingerprint density at radius 3 is 1.26 bits per heavy atom. The number of anilines is 2. The van der Waals surface area contributed by atoms with Crippen molar-refractivity contribution in [3.63, 3.8) is 0 Å². The number of nitrogens with zero attached hydrogens (tertiary/aromatic N) is 4. The number of hydrogen-bond donors (Lipinski definition) is 0. The Morgan fingerprint density at radius 2 is 0.868 bits per heavy atom. The first kappa shape index (κ1) is 25.4. The summed E-state index contributed by atoms with van der Waals surface area (Å²) >= 11 is 0. The van der Waals surface area contributed by atoms with Crippen LogP contribution in [0, 0.1) is 22.7 Å². The summed E-state index contributed by atoms with van der Waals surface area (Å²) in [4.78, 5) is 5.03. The highest BCUT2D eigenvalue weighted by atomic mass is 15.1. The van der Waals surface area contributed by atoms with Crippen molar-refractivity contribution in [3.05, 3.63) is 94.0 Å². The van der Waals surface area contributed by atoms with Gasteiger partial charge in [0.1, 0.15) is 0 Å². The number of benzene rings is 3. The molecule has 3 aromatic carbocycles. The fourth-order valence-electron chi connectivity index (χ4n) is 5.54. The minimum Gasteiger partial charge on any atom is -0.371 e. The van der Waals surface area contributed by atoms with E-state index in [-0.39, 0.29) is 0 Å². The Balaban J connectivity index is 1.62. The van der Waals surface area contributed by atoms with E-state index in [1.807, 2.05) is 48.5 Å². The van der Waals surface area contributed by atoms with Gasteiger partial charge in [0.05, 0.1) is 23.3 Å². The molecule has 2 aliphatic heterocycles. The second kappa shape index (κ2) is 12.3. The zero-order valence-corrected chi connectivity index (χ0v) is 21.9. The van der Waals surface area contributed by atoms with Crippen LogP contribution < -0.4 is 9.80 Å². The van der Waals surface area contributed by atoms with Gasteiger partial charge in [-0.05, 0) is 85.0 Å². The third-order valence-electron chi connectivity index (χ3n) is 7.62. The molecule has 2 aliphatic rings. The second-order valence-electron chi connectivity index (χ2n) is 10.1. The van der Waals surface area contributed by atoms with E-state index in [1.54, 1.807) is 0 Å². The zero-order chi connectivity index (χ0) is 26.2. The van der Waals surface area contributed by atoms with Gasteiger partial charge in [0.25, 0.3) is 0 Å². The molecule has 38 heavy (non-hydrogen) atoms. The molecule has 0 saturated carbocycles. The Labute approximate surface area is 226 Å². The summed E-state index contributed by atoms with van der Waals surface area (Å²) in [5.74, 6) is 0. The van der Waals surface area contributed by atoms with Crippen molar-refractivity contribution in [2.75, 3.05) is 36.0 Å². The van der Waals surface area contributed by atoms with Gasteiger partial charge in [0.15, 0.2) is 0 Å². The Morgan fingerprint density at radius 1 is 0.500 bits per heavy atom. The van der Waals surface area contributed by atoms with Gasteiger partial charge < -0.3 is 9.80 Å². The van der Waals surface area contributed by atoms with E-state index in [2.05, 4.69) is 58.4 Å². The number of rotatable bonds is 6. The van der Waals surface area contributed by atoms with Gasteiger partial charge >= 0.3 is 0 Å². The number of nitriles is 2. The second-order valence-corrected chi connectivity index (χ2v) is 10.1. The molecule has 0 unspecified atom stereocenters. The molecule has 2 heterocycles. The van der Waals surface area contributed by atoms with Gasteiger partial charge in [-0.15, -0.1) is 0 Å². The molecule has 2 fully saturated rings. The van der Waals surface area contributed by atoms with Gasteiger partial charge in [0, 0.05) is 37.6 Å². The van der Waals surface area contributed by atoms with E-state index in [0.29, 0.717) is 11.1 Å². The van der Waals surface area contributed by atoms with Crippen molar-refractivity contribution in [1.29, 1.82) is 10.5 Å². The number of hydrogen-bond acceptors (Lipinski definition) is 4. The lowest BCUT2D eigenvalue weighted by molar-refractivity contribution is 0.575. The first-order chi connectivity index (χ1) is 18.8. The van der Waals surface area contributed by atoms with Crippen molar-refractivity contribution in [2.45, 2.75) is 38.5 Å². The van der Waals surface area contributed by atoms with Crippen LogP contribution in [0.1, 0.15) is 71.9 Å². The molecule has 0 bridgehead atoms. The highest BCUT2D eigenvalue weighted by Gasteiger charge is 2.20. The molecule has 3 aromatic rings. The lowest BCUT2D eigenvalue weighted by Crippen LogP contribution is -2.32. The van der Waals surface area contributed by atoms with E-state index < -0.39 is 0 Å². The standard InChI is InChI=1S/C34H34N4/c35-25-31-13-5-3-11-27(31)15-17-29-24-34(38-21-9-2-10-22-38)30(23-33(29)37-19-7-1-8-20-37)18-16-28-12-4-6-14-32(28)26-36/h3-6,11-18,23-24H,1-2,7-10,19-22H2/b17-15+,18-16+. The molecule has 0 radical (unpaired) electrons. The third kappa shape index (κ3) is 5.82. The monoisotopic (exact) mass is 498 g/mol. The van der Waals surface area contributed by atoms with Crippen molar-refractivity contribution >= 4 is 35.7 Å². The summed E-state index contributed by atoms with van der Waals surface area (Å²) in [5.41, 5.74) is 8.12. The molecule has 0 atom stereocenters. The Kier molecular flexibility index (Phi) is 8.22.